The monoisotopic (exact) mass is 580 g/mol. The summed E-state index contributed by atoms with van der Waals surface area (Å²) in [6.45, 7) is 2.26. The highest BCUT2D eigenvalue weighted by Gasteiger charge is 2.43. The van der Waals surface area contributed by atoms with Crippen LogP contribution in [0.15, 0.2) is 35.2 Å². The van der Waals surface area contributed by atoms with Crippen LogP contribution in [0.3, 0.4) is 0 Å². The quantitative estimate of drug-likeness (QED) is 0.367. The van der Waals surface area contributed by atoms with E-state index in [2.05, 4.69) is 15.5 Å². The minimum Gasteiger partial charge on any atom is -0.433 e. The van der Waals surface area contributed by atoms with Crippen LogP contribution in [0, 0.1) is 36.8 Å². The number of hydrogen-bond donors (Lipinski definition) is 1. The van der Waals surface area contributed by atoms with Gasteiger partial charge in [0, 0.05) is 17.5 Å². The van der Waals surface area contributed by atoms with E-state index in [4.69, 9.17) is 4.74 Å². The highest BCUT2D eigenvalue weighted by atomic mass is 32.2. The van der Waals surface area contributed by atoms with Crippen LogP contribution in [0.1, 0.15) is 52.0 Å². The van der Waals surface area contributed by atoms with Crippen molar-refractivity contribution in [2.24, 2.45) is 0 Å². The minimum atomic E-state index is -5.02. The molecule has 0 saturated heterocycles. The molecule has 1 aliphatic rings. The van der Waals surface area contributed by atoms with Crippen molar-refractivity contribution >= 4 is 21.4 Å². The molecule has 0 spiro atoms. The van der Waals surface area contributed by atoms with E-state index in [9.17, 15) is 31.6 Å². The third kappa shape index (κ3) is 5.21. The Morgan fingerprint density at radius 2 is 1.80 bits per heavy atom. The van der Waals surface area contributed by atoms with Gasteiger partial charge in [-0.15, -0.1) is 10.2 Å². The van der Waals surface area contributed by atoms with Gasteiger partial charge in [-0.05, 0) is 68.5 Å². The molecule has 1 amide bonds. The molecule has 210 valence electrons. The number of aryl methyl sites for hydroxylation is 1. The van der Waals surface area contributed by atoms with Crippen LogP contribution >= 0.6 is 0 Å². The van der Waals surface area contributed by atoms with Crippen molar-refractivity contribution in [3.8, 4) is 17.7 Å². The molecule has 1 saturated carbocycles. The third-order valence-corrected chi connectivity index (χ3v) is 7.79. The van der Waals surface area contributed by atoms with Crippen molar-refractivity contribution in [1.29, 1.82) is 5.26 Å². The molecule has 4 rings (SSSR count). The molecule has 0 radical (unpaired) electrons. The van der Waals surface area contributed by atoms with Crippen LogP contribution in [-0.2, 0) is 21.4 Å². The Balaban J connectivity index is 1.80. The second-order valence-corrected chi connectivity index (χ2v) is 11.5. The Morgan fingerprint density at radius 1 is 1.12 bits per heavy atom. The SMILES string of the molecule is Cc1cc(C2(C#N)CCC2)c(F)c(F)c1Oc1nnc(C(F)(F)F)c(C)c1C(=O)Nc1cccc(S(C)(=O)=O)c1. The molecule has 3 aromatic rings. The van der Waals surface area contributed by atoms with Crippen molar-refractivity contribution in [3.63, 3.8) is 0 Å². The Kier molecular flexibility index (Phi) is 7.31. The summed E-state index contributed by atoms with van der Waals surface area (Å²) in [6, 6.07) is 8.18. The minimum absolute atomic E-state index is 0.00184. The molecular formula is C26H21F5N4O4S. The summed E-state index contributed by atoms with van der Waals surface area (Å²) in [5, 5.41) is 18.3. The van der Waals surface area contributed by atoms with Crippen molar-refractivity contribution in [3.05, 3.63) is 69.9 Å². The van der Waals surface area contributed by atoms with Gasteiger partial charge >= 0.3 is 6.18 Å². The predicted molar refractivity (Wildman–Crippen MR) is 132 cm³/mol. The lowest BCUT2D eigenvalue weighted by molar-refractivity contribution is -0.142. The third-order valence-electron chi connectivity index (χ3n) is 6.68. The number of benzene rings is 2. The number of nitrogens with one attached hydrogen (secondary N) is 1. The highest BCUT2D eigenvalue weighted by Crippen LogP contribution is 2.46. The fourth-order valence-corrected chi connectivity index (χ4v) is 5.05. The number of nitrogens with zero attached hydrogens (tertiary/aromatic N) is 3. The number of rotatable bonds is 6. The Hall–Kier alpha value is -4.12. The van der Waals surface area contributed by atoms with Crippen LogP contribution in [0.25, 0.3) is 0 Å². The molecule has 2 aromatic carbocycles. The van der Waals surface area contributed by atoms with Gasteiger partial charge < -0.3 is 10.1 Å². The van der Waals surface area contributed by atoms with Crippen molar-refractivity contribution in [2.75, 3.05) is 11.6 Å². The first-order valence-electron chi connectivity index (χ1n) is 11.7. The van der Waals surface area contributed by atoms with E-state index in [1.165, 1.54) is 31.2 Å². The fraction of sp³-hybridized carbons (Fsp3) is 0.308. The van der Waals surface area contributed by atoms with Gasteiger partial charge in [0.25, 0.3) is 11.8 Å². The molecule has 0 bridgehead atoms. The number of sulfone groups is 1. The van der Waals surface area contributed by atoms with Gasteiger partial charge in [-0.1, -0.05) is 6.07 Å². The standard InChI is InChI=1S/C26H21F5N4O4S/c1-13-10-17(25(12-32)8-5-9-25)19(27)20(28)21(13)39-24-18(14(2)22(34-35-24)26(29,30)31)23(36)33-15-6-4-7-16(11-15)40(3,37)38/h4,6-7,10-11H,5,8-9H2,1-3H3,(H,33,36). The maximum atomic E-state index is 15.2. The lowest BCUT2D eigenvalue weighted by atomic mass is 9.65. The van der Waals surface area contributed by atoms with Crippen LogP contribution in [0.4, 0.5) is 27.6 Å². The number of anilines is 1. The maximum absolute atomic E-state index is 15.2. The number of aromatic nitrogens is 2. The zero-order valence-electron chi connectivity index (χ0n) is 21.3. The average molecular weight is 581 g/mol. The van der Waals surface area contributed by atoms with E-state index in [1.54, 1.807) is 0 Å². The molecule has 40 heavy (non-hydrogen) atoms. The van der Waals surface area contributed by atoms with E-state index >= 15 is 8.78 Å². The van der Waals surface area contributed by atoms with Gasteiger partial charge in [0.15, 0.2) is 27.1 Å². The van der Waals surface area contributed by atoms with Crippen LogP contribution < -0.4 is 10.1 Å². The van der Waals surface area contributed by atoms with E-state index in [0.717, 1.165) is 19.2 Å². The molecule has 1 fully saturated rings. The average Bonchev–Trinajstić information content (AvgIpc) is 2.83. The van der Waals surface area contributed by atoms with E-state index in [1.807, 2.05) is 6.07 Å². The summed E-state index contributed by atoms with van der Waals surface area (Å²) in [5.41, 5.74) is -4.47. The molecule has 1 heterocycles. The second kappa shape index (κ2) is 10.1. The summed E-state index contributed by atoms with van der Waals surface area (Å²) in [6.07, 6.45) is -2.79. The molecule has 8 nitrogen and oxygen atoms in total. The number of ether oxygens (including phenoxy) is 1. The lowest BCUT2D eigenvalue weighted by Crippen LogP contribution is -2.33. The first kappa shape index (κ1) is 28.9. The van der Waals surface area contributed by atoms with Crippen LogP contribution in [0.2, 0.25) is 0 Å². The number of amides is 1. The Bertz CT molecular complexity index is 1680. The summed E-state index contributed by atoms with van der Waals surface area (Å²) in [7, 11) is -3.68. The molecular weight excluding hydrogens is 559 g/mol. The molecule has 1 aliphatic carbocycles. The zero-order valence-corrected chi connectivity index (χ0v) is 22.1. The van der Waals surface area contributed by atoms with E-state index in [0.29, 0.717) is 19.3 Å². The maximum Gasteiger partial charge on any atom is 0.435 e. The predicted octanol–water partition coefficient (Wildman–Crippen LogP) is 5.78. The Morgan fingerprint density at radius 3 is 2.35 bits per heavy atom. The first-order chi connectivity index (χ1) is 18.6. The smallest absolute Gasteiger partial charge is 0.433 e. The Labute approximate surface area is 225 Å². The lowest BCUT2D eigenvalue weighted by Gasteiger charge is -2.36. The van der Waals surface area contributed by atoms with Crippen molar-refractivity contribution in [2.45, 2.75) is 49.6 Å². The van der Waals surface area contributed by atoms with Gasteiger partial charge in [-0.25, -0.2) is 12.8 Å². The van der Waals surface area contributed by atoms with Crippen molar-refractivity contribution in [1.82, 2.24) is 10.2 Å². The van der Waals surface area contributed by atoms with Gasteiger partial charge in [-0.3, -0.25) is 4.79 Å². The summed E-state index contributed by atoms with van der Waals surface area (Å²) in [5.74, 6) is -5.68. The topological polar surface area (TPSA) is 122 Å². The number of hydrogen-bond acceptors (Lipinski definition) is 7. The zero-order chi connectivity index (χ0) is 29.6. The van der Waals surface area contributed by atoms with E-state index < -0.39 is 67.4 Å². The van der Waals surface area contributed by atoms with E-state index in [-0.39, 0.29) is 21.7 Å². The van der Waals surface area contributed by atoms with Crippen molar-refractivity contribution < 1.29 is 39.9 Å². The molecule has 1 aromatic heterocycles. The summed E-state index contributed by atoms with van der Waals surface area (Å²) >= 11 is 0. The molecule has 0 aliphatic heterocycles. The highest BCUT2D eigenvalue weighted by molar-refractivity contribution is 7.90. The number of alkyl halides is 3. The summed E-state index contributed by atoms with van der Waals surface area (Å²) in [4.78, 5) is 13.0. The first-order valence-corrected chi connectivity index (χ1v) is 13.6. The second-order valence-electron chi connectivity index (χ2n) is 9.45. The number of halogens is 5. The van der Waals surface area contributed by atoms with Crippen LogP contribution in [0.5, 0.6) is 11.6 Å². The normalized spacial score (nSPS) is 14.7. The molecule has 0 unspecified atom stereocenters. The van der Waals surface area contributed by atoms with Gasteiger partial charge in [-0.2, -0.15) is 22.8 Å². The van der Waals surface area contributed by atoms with Gasteiger partial charge in [0.1, 0.15) is 5.56 Å². The number of carbonyl (C=O) groups excluding carboxylic acids is 1. The summed E-state index contributed by atoms with van der Waals surface area (Å²) < 4.78 is 100. The number of carbonyl (C=O) groups is 1. The van der Waals surface area contributed by atoms with Gasteiger partial charge in [0.05, 0.1) is 16.4 Å². The largest absolute Gasteiger partial charge is 0.435 e. The molecule has 14 heteroatoms. The number of nitriles is 1. The molecule has 1 N–H and O–H groups in total. The molecule has 0 atom stereocenters. The fourth-order valence-electron chi connectivity index (χ4n) is 4.38. The van der Waals surface area contributed by atoms with Crippen LogP contribution in [-0.4, -0.2) is 30.8 Å². The van der Waals surface area contributed by atoms with Gasteiger partial charge in [0.2, 0.25) is 5.82 Å².